The zero-order chi connectivity index (χ0) is 24.0. The van der Waals surface area contributed by atoms with E-state index in [9.17, 15) is 15.2 Å². The van der Waals surface area contributed by atoms with Crippen molar-refractivity contribution < 1.29 is 14.6 Å². The number of aryl methyl sites for hydroxylation is 2. The van der Waals surface area contributed by atoms with E-state index in [4.69, 9.17) is 9.47 Å². The van der Waals surface area contributed by atoms with Crippen molar-refractivity contribution in [2.45, 2.75) is 33.2 Å². The molecule has 0 saturated carbocycles. The molecule has 1 N–H and O–H groups in total. The molecule has 0 amide bonds. The summed E-state index contributed by atoms with van der Waals surface area (Å²) < 4.78 is 11.7. The Labute approximate surface area is 192 Å². The highest BCUT2D eigenvalue weighted by atomic mass is 16.5. The van der Waals surface area contributed by atoms with Crippen molar-refractivity contribution in [3.63, 3.8) is 0 Å². The molecular formula is C25H26N4O4. The van der Waals surface area contributed by atoms with Gasteiger partial charge >= 0.3 is 0 Å². The van der Waals surface area contributed by atoms with Crippen molar-refractivity contribution >= 4 is 11.4 Å². The van der Waals surface area contributed by atoms with Crippen LogP contribution in [0.5, 0.6) is 17.4 Å². The average Bonchev–Trinajstić information content (AvgIpc) is 2.84. The Hall–Kier alpha value is -4.12. The molecular weight excluding hydrogens is 420 g/mol. The van der Waals surface area contributed by atoms with Gasteiger partial charge in [0, 0.05) is 12.1 Å². The molecule has 0 aliphatic heterocycles. The molecule has 1 heterocycles. The van der Waals surface area contributed by atoms with Gasteiger partial charge in [-0.2, -0.15) is 10.4 Å². The second kappa shape index (κ2) is 10.5. The van der Waals surface area contributed by atoms with Crippen LogP contribution >= 0.6 is 0 Å². The van der Waals surface area contributed by atoms with Crippen LogP contribution in [0.2, 0.25) is 0 Å². The highest BCUT2D eigenvalue weighted by molar-refractivity contribution is 5.57. The van der Waals surface area contributed by atoms with Crippen molar-refractivity contribution in [2.24, 2.45) is 10.2 Å². The van der Waals surface area contributed by atoms with Gasteiger partial charge in [0.05, 0.1) is 19.9 Å². The van der Waals surface area contributed by atoms with Gasteiger partial charge in [-0.15, -0.1) is 5.11 Å². The maximum atomic E-state index is 13.1. The van der Waals surface area contributed by atoms with E-state index in [1.54, 1.807) is 33.3 Å². The molecule has 0 saturated heterocycles. The maximum absolute atomic E-state index is 13.1. The molecule has 0 bridgehead atoms. The van der Waals surface area contributed by atoms with Gasteiger partial charge in [0.15, 0.2) is 17.2 Å². The first kappa shape index (κ1) is 23.5. The first-order valence-electron chi connectivity index (χ1n) is 10.5. The molecule has 0 unspecified atom stereocenters. The molecule has 8 heteroatoms. The van der Waals surface area contributed by atoms with Crippen molar-refractivity contribution in [1.29, 1.82) is 5.26 Å². The Kier molecular flexibility index (Phi) is 7.46. The molecule has 1 aromatic heterocycles. The van der Waals surface area contributed by atoms with Crippen LogP contribution in [0.4, 0.5) is 11.4 Å². The summed E-state index contributed by atoms with van der Waals surface area (Å²) >= 11 is 0. The van der Waals surface area contributed by atoms with Gasteiger partial charge in [-0.1, -0.05) is 25.1 Å². The van der Waals surface area contributed by atoms with Crippen molar-refractivity contribution in [3.8, 4) is 23.4 Å². The lowest BCUT2D eigenvalue weighted by Gasteiger charge is -2.14. The number of nitriles is 1. The maximum Gasteiger partial charge on any atom is 0.281 e. The molecule has 33 heavy (non-hydrogen) atoms. The van der Waals surface area contributed by atoms with Gasteiger partial charge < -0.3 is 14.6 Å². The Morgan fingerprint density at radius 1 is 1.03 bits per heavy atom. The number of nitrogens with zero attached hydrogens (tertiary/aromatic N) is 4. The fraction of sp³-hybridized carbons (Fsp3) is 0.280. The lowest BCUT2D eigenvalue weighted by molar-refractivity contribution is 0.354. The quantitative estimate of drug-likeness (QED) is 0.491. The van der Waals surface area contributed by atoms with Gasteiger partial charge in [0.1, 0.15) is 11.6 Å². The minimum absolute atomic E-state index is 0.00260. The number of benzene rings is 2. The zero-order valence-electron chi connectivity index (χ0n) is 19.1. The monoisotopic (exact) mass is 446 g/mol. The van der Waals surface area contributed by atoms with E-state index in [-0.39, 0.29) is 29.2 Å². The first-order valence-corrected chi connectivity index (χ1v) is 10.5. The molecule has 2 aromatic carbocycles. The third-order valence-corrected chi connectivity index (χ3v) is 5.45. The fourth-order valence-corrected chi connectivity index (χ4v) is 3.45. The largest absolute Gasteiger partial charge is 0.493 e. The van der Waals surface area contributed by atoms with Crippen LogP contribution in [0.15, 0.2) is 57.5 Å². The van der Waals surface area contributed by atoms with Crippen molar-refractivity contribution in [3.05, 3.63) is 75.1 Å². The number of rotatable bonds is 8. The molecule has 0 spiro atoms. The van der Waals surface area contributed by atoms with E-state index >= 15 is 0 Å². The summed E-state index contributed by atoms with van der Waals surface area (Å²) in [5, 5.41) is 28.5. The van der Waals surface area contributed by atoms with Crippen molar-refractivity contribution in [1.82, 2.24) is 4.57 Å². The normalized spacial score (nSPS) is 10.9. The van der Waals surface area contributed by atoms with Gasteiger partial charge in [-0.05, 0) is 55.2 Å². The number of hydrogen-bond acceptors (Lipinski definition) is 7. The first-order chi connectivity index (χ1) is 15.9. The topological polar surface area (TPSA) is 109 Å². The van der Waals surface area contributed by atoms with Crippen LogP contribution in [0.1, 0.15) is 29.2 Å². The molecule has 0 aliphatic carbocycles. The van der Waals surface area contributed by atoms with Crippen LogP contribution in [-0.4, -0.2) is 23.9 Å². The van der Waals surface area contributed by atoms with Gasteiger partial charge in [-0.3, -0.25) is 9.36 Å². The van der Waals surface area contributed by atoms with Crippen LogP contribution in [-0.2, 0) is 19.4 Å². The Bertz CT molecular complexity index is 1270. The lowest BCUT2D eigenvalue weighted by atomic mass is 10.1. The van der Waals surface area contributed by atoms with Gasteiger partial charge in [-0.25, -0.2) is 0 Å². The summed E-state index contributed by atoms with van der Waals surface area (Å²) in [7, 11) is 3.10. The summed E-state index contributed by atoms with van der Waals surface area (Å²) in [5.41, 5.74) is 2.42. The van der Waals surface area contributed by atoms with E-state index in [0.717, 1.165) is 16.6 Å². The molecule has 0 atom stereocenters. The fourth-order valence-electron chi connectivity index (χ4n) is 3.45. The van der Waals surface area contributed by atoms with Crippen LogP contribution in [0.3, 0.4) is 0 Å². The molecule has 3 aromatic rings. The lowest BCUT2D eigenvalue weighted by Crippen LogP contribution is -2.23. The highest BCUT2D eigenvalue weighted by Crippen LogP contribution is 2.29. The van der Waals surface area contributed by atoms with Crippen LogP contribution in [0.25, 0.3) is 0 Å². The third kappa shape index (κ3) is 5.04. The molecule has 170 valence electrons. The third-order valence-electron chi connectivity index (χ3n) is 5.45. The summed E-state index contributed by atoms with van der Waals surface area (Å²) in [6, 6.07) is 14.9. The molecule has 0 radical (unpaired) electrons. The average molecular weight is 447 g/mol. The zero-order valence-corrected chi connectivity index (χ0v) is 19.1. The van der Waals surface area contributed by atoms with E-state index in [0.29, 0.717) is 23.6 Å². The van der Waals surface area contributed by atoms with Crippen LogP contribution in [0, 0.1) is 18.3 Å². The number of hydrogen-bond donors (Lipinski definition) is 1. The predicted octanol–water partition coefficient (Wildman–Crippen LogP) is 4.97. The Morgan fingerprint density at radius 3 is 2.30 bits per heavy atom. The molecule has 8 nitrogen and oxygen atoms in total. The Morgan fingerprint density at radius 2 is 1.70 bits per heavy atom. The number of pyridine rings is 1. The summed E-state index contributed by atoms with van der Waals surface area (Å²) in [4.78, 5) is 13.1. The van der Waals surface area contributed by atoms with E-state index < -0.39 is 5.56 Å². The van der Waals surface area contributed by atoms with Gasteiger partial charge in [0.2, 0.25) is 5.88 Å². The smallest absolute Gasteiger partial charge is 0.281 e. The summed E-state index contributed by atoms with van der Waals surface area (Å²) in [5.74, 6) is 0.779. The van der Waals surface area contributed by atoms with E-state index in [1.165, 1.54) is 5.56 Å². The number of ether oxygens (including phenoxy) is 2. The second-order valence-electron chi connectivity index (χ2n) is 7.40. The van der Waals surface area contributed by atoms with E-state index in [2.05, 4.69) is 17.2 Å². The molecule has 0 fully saturated rings. The summed E-state index contributed by atoms with van der Waals surface area (Å²) in [6.45, 7) is 3.78. The Balaban J connectivity index is 1.96. The van der Waals surface area contributed by atoms with Gasteiger partial charge in [0.25, 0.3) is 5.56 Å². The predicted molar refractivity (Wildman–Crippen MR) is 125 cm³/mol. The van der Waals surface area contributed by atoms with Crippen LogP contribution < -0.4 is 15.0 Å². The molecule has 3 rings (SSSR count). The molecule has 0 aliphatic rings. The second-order valence-corrected chi connectivity index (χ2v) is 7.40. The number of aromatic hydroxyl groups is 1. The number of methoxy groups -OCH3 is 2. The highest BCUT2D eigenvalue weighted by Gasteiger charge is 2.19. The number of azo groups is 1. The minimum atomic E-state index is -0.515. The van der Waals surface area contributed by atoms with E-state index in [1.807, 2.05) is 36.4 Å². The summed E-state index contributed by atoms with van der Waals surface area (Å²) in [6.07, 6.45) is 1.32. The minimum Gasteiger partial charge on any atom is -0.493 e. The SMILES string of the molecule is CCc1ccc(N=Nc2c(C)c(C#N)c(O)n(CCc3ccc(OC)c(OC)c3)c2=O)cc1. The standard InChI is InChI=1S/C25H26N4O4/c1-5-17-6-9-19(10-7-17)27-28-23-16(2)20(15-26)24(30)29(25(23)31)13-12-18-8-11-21(32-3)22(14-18)33-4/h6-11,14,30H,5,12-13H2,1-4H3. The number of aromatic nitrogens is 1. The van der Waals surface area contributed by atoms with Crippen molar-refractivity contribution in [2.75, 3.05) is 14.2 Å².